The van der Waals surface area contributed by atoms with Crippen LogP contribution >= 0.6 is 23.5 Å². The zero-order valence-corrected chi connectivity index (χ0v) is 17.3. The fourth-order valence-electron chi connectivity index (χ4n) is 3.65. The molecule has 0 aromatic heterocycles. The SMILES string of the molecule is CN1CCc2cc(Cl)c(O)cc2C(c2ccc(NSc3ccccc3)cc2)C1. The van der Waals surface area contributed by atoms with Crippen LogP contribution in [0.3, 0.4) is 0 Å². The van der Waals surface area contributed by atoms with Gasteiger partial charge < -0.3 is 14.7 Å². The van der Waals surface area contributed by atoms with Gasteiger partial charge in [-0.2, -0.15) is 0 Å². The molecule has 1 unspecified atom stereocenters. The van der Waals surface area contributed by atoms with E-state index in [1.807, 2.05) is 30.3 Å². The number of phenolic OH excluding ortho intramolecular Hbond substituents is 1. The van der Waals surface area contributed by atoms with Crippen LogP contribution in [0.1, 0.15) is 22.6 Å². The minimum Gasteiger partial charge on any atom is -0.506 e. The van der Waals surface area contributed by atoms with Crippen molar-refractivity contribution in [2.45, 2.75) is 17.2 Å². The summed E-state index contributed by atoms with van der Waals surface area (Å²) < 4.78 is 3.40. The summed E-state index contributed by atoms with van der Waals surface area (Å²) in [4.78, 5) is 3.52. The number of nitrogens with one attached hydrogen (secondary N) is 1. The molecule has 1 aliphatic heterocycles. The van der Waals surface area contributed by atoms with Gasteiger partial charge in [-0.1, -0.05) is 41.9 Å². The van der Waals surface area contributed by atoms with Crippen molar-refractivity contribution in [2.24, 2.45) is 0 Å². The number of anilines is 1. The third kappa shape index (κ3) is 4.30. The van der Waals surface area contributed by atoms with Crippen LogP contribution in [-0.2, 0) is 6.42 Å². The van der Waals surface area contributed by atoms with Crippen molar-refractivity contribution >= 4 is 29.2 Å². The van der Waals surface area contributed by atoms with Gasteiger partial charge >= 0.3 is 0 Å². The number of aromatic hydroxyl groups is 1. The van der Waals surface area contributed by atoms with Gasteiger partial charge in [0.15, 0.2) is 0 Å². The van der Waals surface area contributed by atoms with Crippen LogP contribution in [-0.4, -0.2) is 30.1 Å². The summed E-state index contributed by atoms with van der Waals surface area (Å²) >= 11 is 7.77. The molecule has 4 rings (SSSR count). The highest BCUT2D eigenvalue weighted by molar-refractivity contribution is 8.00. The fraction of sp³-hybridized carbons (Fsp3) is 0.217. The standard InChI is InChI=1S/C23H23ClN2OS/c1-26-12-11-17-13-22(24)23(27)14-20(17)21(15-26)16-7-9-18(10-8-16)25-28-19-5-3-2-4-6-19/h2-10,13-14,21,25,27H,11-12,15H2,1H3. The maximum Gasteiger partial charge on any atom is 0.134 e. The summed E-state index contributed by atoms with van der Waals surface area (Å²) in [7, 11) is 2.15. The lowest BCUT2D eigenvalue weighted by Gasteiger charge is -2.22. The third-order valence-corrected chi connectivity index (χ3v) is 6.33. The van der Waals surface area contributed by atoms with Gasteiger partial charge in [0, 0.05) is 29.6 Å². The molecule has 3 aromatic rings. The van der Waals surface area contributed by atoms with Gasteiger partial charge in [-0.05, 0) is 78.5 Å². The molecule has 0 bridgehead atoms. The fourth-order valence-corrected chi connectivity index (χ4v) is 4.50. The van der Waals surface area contributed by atoms with Crippen LogP contribution in [0, 0.1) is 0 Å². The van der Waals surface area contributed by atoms with Gasteiger partial charge in [0.05, 0.1) is 5.02 Å². The van der Waals surface area contributed by atoms with Crippen LogP contribution in [0.4, 0.5) is 5.69 Å². The summed E-state index contributed by atoms with van der Waals surface area (Å²) in [5.74, 6) is 0.369. The number of rotatable bonds is 4. The Bertz CT molecular complexity index is 947. The summed E-state index contributed by atoms with van der Waals surface area (Å²) in [6.07, 6.45) is 0.940. The molecule has 3 aromatic carbocycles. The zero-order chi connectivity index (χ0) is 19.5. The predicted molar refractivity (Wildman–Crippen MR) is 119 cm³/mol. The van der Waals surface area contributed by atoms with E-state index in [1.165, 1.54) is 21.6 Å². The lowest BCUT2D eigenvalue weighted by atomic mass is 9.88. The van der Waals surface area contributed by atoms with Crippen molar-refractivity contribution in [3.8, 4) is 5.75 Å². The Hall–Kier alpha value is -2.14. The molecule has 0 radical (unpaired) electrons. The first-order valence-corrected chi connectivity index (χ1v) is 10.6. The topological polar surface area (TPSA) is 35.5 Å². The molecule has 1 atom stereocenters. The smallest absolute Gasteiger partial charge is 0.134 e. The molecule has 0 saturated heterocycles. The van der Waals surface area contributed by atoms with E-state index < -0.39 is 0 Å². The third-order valence-electron chi connectivity index (χ3n) is 5.18. The van der Waals surface area contributed by atoms with Crippen molar-refractivity contribution in [3.63, 3.8) is 0 Å². The second-order valence-corrected chi connectivity index (χ2v) is 8.49. The minimum atomic E-state index is 0.160. The highest BCUT2D eigenvalue weighted by Crippen LogP contribution is 2.37. The van der Waals surface area contributed by atoms with Gasteiger partial charge in [0.25, 0.3) is 0 Å². The predicted octanol–water partition coefficient (Wildman–Crippen LogP) is 5.78. The van der Waals surface area contributed by atoms with E-state index in [9.17, 15) is 5.11 Å². The van der Waals surface area contributed by atoms with E-state index in [0.717, 1.165) is 25.2 Å². The second kappa shape index (κ2) is 8.48. The number of phenols is 1. The Morgan fingerprint density at radius 2 is 1.82 bits per heavy atom. The minimum absolute atomic E-state index is 0.160. The summed E-state index contributed by atoms with van der Waals surface area (Å²) in [5.41, 5.74) is 4.70. The Balaban J connectivity index is 1.57. The van der Waals surface area contributed by atoms with Crippen molar-refractivity contribution < 1.29 is 5.11 Å². The van der Waals surface area contributed by atoms with Crippen LogP contribution in [0.2, 0.25) is 5.02 Å². The van der Waals surface area contributed by atoms with Crippen LogP contribution in [0.15, 0.2) is 71.6 Å². The molecule has 28 heavy (non-hydrogen) atoms. The lowest BCUT2D eigenvalue weighted by Crippen LogP contribution is -2.24. The number of halogens is 1. The van der Waals surface area contributed by atoms with Crippen molar-refractivity contribution in [1.29, 1.82) is 0 Å². The molecule has 5 heteroatoms. The molecule has 0 aliphatic carbocycles. The molecule has 1 heterocycles. The first kappa shape index (κ1) is 19.2. The molecule has 0 fully saturated rings. The molecule has 3 nitrogen and oxygen atoms in total. The van der Waals surface area contributed by atoms with Crippen LogP contribution < -0.4 is 4.72 Å². The Kier molecular flexibility index (Phi) is 5.81. The van der Waals surface area contributed by atoms with E-state index in [-0.39, 0.29) is 11.7 Å². The Labute approximate surface area is 175 Å². The molecule has 2 N–H and O–H groups in total. The van der Waals surface area contributed by atoms with E-state index in [4.69, 9.17) is 11.6 Å². The maximum atomic E-state index is 10.2. The van der Waals surface area contributed by atoms with E-state index in [1.54, 1.807) is 11.9 Å². The van der Waals surface area contributed by atoms with Gasteiger partial charge in [-0.25, -0.2) is 0 Å². The largest absolute Gasteiger partial charge is 0.506 e. The van der Waals surface area contributed by atoms with Crippen LogP contribution in [0.25, 0.3) is 0 Å². The van der Waals surface area contributed by atoms with Gasteiger partial charge in [0.2, 0.25) is 0 Å². The van der Waals surface area contributed by atoms with Crippen molar-refractivity contribution in [1.82, 2.24) is 4.90 Å². The van der Waals surface area contributed by atoms with Crippen molar-refractivity contribution in [2.75, 3.05) is 24.9 Å². The number of nitrogens with zero attached hydrogens (tertiary/aromatic N) is 1. The van der Waals surface area contributed by atoms with Gasteiger partial charge in [-0.15, -0.1) is 0 Å². The highest BCUT2D eigenvalue weighted by Gasteiger charge is 2.24. The molecule has 144 valence electrons. The molecular formula is C23H23ClN2OS. The van der Waals surface area contributed by atoms with Gasteiger partial charge in [-0.3, -0.25) is 0 Å². The first-order valence-electron chi connectivity index (χ1n) is 9.38. The molecule has 0 saturated carbocycles. The molecular weight excluding hydrogens is 388 g/mol. The van der Waals surface area contributed by atoms with E-state index >= 15 is 0 Å². The molecule has 1 aliphatic rings. The quantitative estimate of drug-likeness (QED) is 0.534. The number of benzene rings is 3. The monoisotopic (exact) mass is 410 g/mol. The van der Waals surface area contributed by atoms with E-state index in [2.05, 4.69) is 53.1 Å². The normalized spacial score (nSPS) is 17.0. The average Bonchev–Trinajstić information content (AvgIpc) is 2.87. The summed E-state index contributed by atoms with van der Waals surface area (Å²) in [6, 6.07) is 22.6. The zero-order valence-electron chi connectivity index (χ0n) is 15.7. The summed E-state index contributed by atoms with van der Waals surface area (Å²) in [6.45, 7) is 1.90. The first-order chi connectivity index (χ1) is 13.6. The van der Waals surface area contributed by atoms with Gasteiger partial charge in [0.1, 0.15) is 5.75 Å². The molecule has 0 spiro atoms. The van der Waals surface area contributed by atoms with Crippen molar-refractivity contribution in [3.05, 3.63) is 88.4 Å². The van der Waals surface area contributed by atoms with E-state index in [0.29, 0.717) is 5.02 Å². The lowest BCUT2D eigenvalue weighted by molar-refractivity contribution is 0.338. The Morgan fingerprint density at radius 1 is 1.07 bits per heavy atom. The summed E-state index contributed by atoms with van der Waals surface area (Å²) in [5, 5.41) is 10.6. The number of hydrogen-bond donors (Lipinski definition) is 2. The maximum absolute atomic E-state index is 10.2. The highest BCUT2D eigenvalue weighted by atomic mass is 35.5. The van der Waals surface area contributed by atoms with Crippen LogP contribution in [0.5, 0.6) is 5.75 Å². The number of fused-ring (bicyclic) bond motifs is 1. The number of hydrogen-bond acceptors (Lipinski definition) is 4. The Morgan fingerprint density at radius 3 is 2.57 bits per heavy atom. The average molecular weight is 411 g/mol. The second-order valence-electron chi connectivity index (χ2n) is 7.21. The number of likely N-dealkylation sites (N-methyl/N-ethyl adjacent to an activating group) is 1. The molecule has 0 amide bonds.